The van der Waals surface area contributed by atoms with Gasteiger partial charge in [0.05, 0.1) is 17.7 Å². The van der Waals surface area contributed by atoms with Gasteiger partial charge in [0.1, 0.15) is 10.8 Å². The van der Waals surface area contributed by atoms with Gasteiger partial charge in [-0.25, -0.2) is 19.1 Å². The van der Waals surface area contributed by atoms with Crippen LogP contribution in [0.3, 0.4) is 0 Å². The predicted octanol–water partition coefficient (Wildman–Crippen LogP) is 6.64. The monoisotopic (exact) mass is 460 g/mol. The molecule has 0 amide bonds. The molecule has 2 heterocycles. The Hall–Kier alpha value is -2.80. The molecule has 0 atom stereocenters. The van der Waals surface area contributed by atoms with E-state index in [4.69, 9.17) is 25.5 Å². The normalized spacial score (nSPS) is 11.7. The van der Waals surface area contributed by atoms with Crippen molar-refractivity contribution in [3.05, 3.63) is 41.0 Å². The summed E-state index contributed by atoms with van der Waals surface area (Å²) in [4.78, 5) is 30.0. The summed E-state index contributed by atoms with van der Waals surface area (Å²) in [7, 11) is 0. The van der Waals surface area contributed by atoms with E-state index in [2.05, 4.69) is 11.9 Å². The Bertz CT molecular complexity index is 1120. The Morgan fingerprint density at radius 1 is 1.16 bits per heavy atom. The van der Waals surface area contributed by atoms with Crippen molar-refractivity contribution in [3.63, 3.8) is 0 Å². The van der Waals surface area contributed by atoms with Crippen LogP contribution in [0.4, 0.5) is 4.79 Å². The molecule has 32 heavy (non-hydrogen) atoms. The number of carbonyl (C=O) groups is 2. The van der Waals surface area contributed by atoms with E-state index < -0.39 is 17.7 Å². The van der Waals surface area contributed by atoms with Crippen molar-refractivity contribution in [3.8, 4) is 11.3 Å². The van der Waals surface area contributed by atoms with Gasteiger partial charge >= 0.3 is 12.1 Å². The first kappa shape index (κ1) is 23.9. The number of hydrogen-bond acceptors (Lipinski definition) is 6. The van der Waals surface area contributed by atoms with Crippen molar-refractivity contribution in [2.45, 2.75) is 65.9 Å². The second kappa shape index (κ2) is 9.77. The number of fused-ring (bicyclic) bond motifs is 1. The highest BCUT2D eigenvalue weighted by Crippen LogP contribution is 2.40. The number of ether oxygens (including phenoxy) is 2. The van der Waals surface area contributed by atoms with Crippen LogP contribution in [0.25, 0.3) is 22.2 Å². The number of para-hydroxylation sites is 1. The van der Waals surface area contributed by atoms with Crippen LogP contribution in [0.2, 0.25) is 5.15 Å². The van der Waals surface area contributed by atoms with E-state index in [0.29, 0.717) is 28.8 Å². The van der Waals surface area contributed by atoms with Crippen molar-refractivity contribution < 1.29 is 23.5 Å². The fraction of sp³-hybridized carbons (Fsp3) is 0.458. The Labute approximate surface area is 192 Å². The molecule has 0 unspecified atom stereocenters. The molecule has 7 nitrogen and oxygen atoms in total. The van der Waals surface area contributed by atoms with Gasteiger partial charge in [-0.05, 0) is 40.2 Å². The third kappa shape index (κ3) is 4.99. The molecule has 0 N–H and O–H groups in total. The number of aromatic nitrogens is 2. The van der Waals surface area contributed by atoms with Gasteiger partial charge in [-0.15, -0.1) is 0 Å². The number of nitrogens with zero attached hydrogens (tertiary/aromatic N) is 2. The fourth-order valence-corrected chi connectivity index (χ4v) is 3.76. The zero-order valence-corrected chi connectivity index (χ0v) is 19.9. The zero-order chi connectivity index (χ0) is 23.5. The summed E-state index contributed by atoms with van der Waals surface area (Å²) in [6.07, 6.45) is 2.91. The van der Waals surface area contributed by atoms with Crippen molar-refractivity contribution in [2.24, 2.45) is 0 Å². The Balaban J connectivity index is 2.19. The number of esters is 1. The SMILES string of the molecule is CCCCCc1nc(C(=O)OCC)c(-c2c(Cl)n(C(=O)OC(C)(C)C)c3ccccc23)o1. The first-order chi connectivity index (χ1) is 15.2. The first-order valence-electron chi connectivity index (χ1n) is 10.9. The molecule has 0 aliphatic carbocycles. The van der Waals surface area contributed by atoms with Gasteiger partial charge in [0, 0.05) is 11.8 Å². The summed E-state index contributed by atoms with van der Waals surface area (Å²) in [5.41, 5.74) is 0.291. The van der Waals surface area contributed by atoms with E-state index in [1.807, 2.05) is 12.1 Å². The maximum atomic E-state index is 13.0. The molecule has 0 aliphatic rings. The molecular formula is C24H29ClN2O5. The van der Waals surface area contributed by atoms with Crippen molar-refractivity contribution in [1.29, 1.82) is 0 Å². The van der Waals surface area contributed by atoms with Crippen LogP contribution < -0.4 is 0 Å². The standard InChI is InChI=1S/C24H29ClN2O5/c1-6-8-9-14-17-26-19(22(28)30-7-2)20(31-17)18-15-12-10-11-13-16(15)27(21(18)25)23(29)32-24(3,4)5/h10-13H,6-9,14H2,1-5H3. The molecule has 0 spiro atoms. The lowest BCUT2D eigenvalue weighted by molar-refractivity contribution is 0.0517. The van der Waals surface area contributed by atoms with Gasteiger partial charge in [-0.1, -0.05) is 49.6 Å². The highest BCUT2D eigenvalue weighted by molar-refractivity contribution is 6.36. The third-order valence-electron chi connectivity index (χ3n) is 4.75. The number of benzene rings is 1. The maximum absolute atomic E-state index is 13.0. The van der Waals surface area contributed by atoms with Crippen LogP contribution >= 0.6 is 11.6 Å². The van der Waals surface area contributed by atoms with Crippen LogP contribution in [-0.2, 0) is 15.9 Å². The zero-order valence-electron chi connectivity index (χ0n) is 19.2. The number of oxazole rings is 1. The van der Waals surface area contributed by atoms with E-state index >= 15 is 0 Å². The highest BCUT2D eigenvalue weighted by atomic mass is 35.5. The molecule has 0 saturated heterocycles. The van der Waals surface area contributed by atoms with E-state index in [1.54, 1.807) is 39.8 Å². The minimum Gasteiger partial charge on any atom is -0.461 e. The number of halogens is 1. The van der Waals surface area contributed by atoms with Crippen LogP contribution in [0, 0.1) is 0 Å². The van der Waals surface area contributed by atoms with E-state index in [1.165, 1.54) is 4.57 Å². The summed E-state index contributed by atoms with van der Waals surface area (Å²) in [6.45, 7) is 9.37. The fourth-order valence-electron chi connectivity index (χ4n) is 3.42. The molecule has 8 heteroatoms. The van der Waals surface area contributed by atoms with Gasteiger partial charge in [0.25, 0.3) is 0 Å². The van der Waals surface area contributed by atoms with E-state index in [0.717, 1.165) is 19.3 Å². The van der Waals surface area contributed by atoms with Gasteiger partial charge in [-0.2, -0.15) is 0 Å². The lowest BCUT2D eigenvalue weighted by Gasteiger charge is -2.20. The minimum atomic E-state index is -0.708. The average Bonchev–Trinajstić information content (AvgIpc) is 3.25. The number of carbonyl (C=O) groups excluding carboxylic acids is 2. The summed E-state index contributed by atoms with van der Waals surface area (Å²) in [5, 5.41) is 0.729. The van der Waals surface area contributed by atoms with E-state index in [9.17, 15) is 9.59 Å². The second-order valence-corrected chi connectivity index (χ2v) is 8.82. The number of unbranched alkanes of at least 4 members (excludes halogenated alkanes) is 2. The Morgan fingerprint density at radius 2 is 1.88 bits per heavy atom. The largest absolute Gasteiger partial charge is 0.461 e. The summed E-state index contributed by atoms with van der Waals surface area (Å²) >= 11 is 6.72. The first-order valence-corrected chi connectivity index (χ1v) is 11.2. The van der Waals surface area contributed by atoms with Crippen LogP contribution in [0.15, 0.2) is 28.7 Å². The third-order valence-corrected chi connectivity index (χ3v) is 5.11. The molecule has 0 saturated carbocycles. The van der Waals surface area contributed by atoms with Gasteiger partial charge < -0.3 is 13.9 Å². The summed E-state index contributed by atoms with van der Waals surface area (Å²) < 4.78 is 18.1. The maximum Gasteiger partial charge on any atom is 0.420 e. The second-order valence-electron chi connectivity index (χ2n) is 8.46. The van der Waals surface area contributed by atoms with Crippen LogP contribution in [0.5, 0.6) is 0 Å². The lowest BCUT2D eigenvalue weighted by Crippen LogP contribution is -2.27. The molecule has 172 valence electrons. The molecule has 0 bridgehead atoms. The summed E-state index contributed by atoms with van der Waals surface area (Å²) in [6, 6.07) is 7.19. The van der Waals surface area contributed by atoms with Crippen LogP contribution in [0.1, 0.15) is 70.3 Å². The Morgan fingerprint density at radius 3 is 2.53 bits per heavy atom. The van der Waals surface area contributed by atoms with Gasteiger partial charge in [0.2, 0.25) is 0 Å². The molecule has 1 aromatic carbocycles. The lowest BCUT2D eigenvalue weighted by atomic mass is 10.1. The molecule has 0 fully saturated rings. The number of aryl methyl sites for hydroxylation is 1. The van der Waals surface area contributed by atoms with Crippen LogP contribution in [-0.4, -0.2) is 33.8 Å². The molecule has 3 aromatic rings. The average molecular weight is 461 g/mol. The van der Waals surface area contributed by atoms with Gasteiger partial charge in [-0.3, -0.25) is 0 Å². The van der Waals surface area contributed by atoms with Crippen molar-refractivity contribution in [1.82, 2.24) is 9.55 Å². The number of hydrogen-bond donors (Lipinski definition) is 0. The predicted molar refractivity (Wildman–Crippen MR) is 123 cm³/mol. The molecule has 0 radical (unpaired) electrons. The molecule has 0 aliphatic heterocycles. The molecule has 3 rings (SSSR count). The minimum absolute atomic E-state index is 0.0485. The quantitative estimate of drug-likeness (QED) is 0.290. The van der Waals surface area contributed by atoms with Crippen molar-refractivity contribution in [2.75, 3.05) is 6.61 Å². The summed E-state index contributed by atoms with van der Waals surface area (Å²) in [5.74, 6) is 0.0262. The molecular weight excluding hydrogens is 432 g/mol. The topological polar surface area (TPSA) is 83.6 Å². The Kier molecular flexibility index (Phi) is 7.29. The smallest absolute Gasteiger partial charge is 0.420 e. The number of rotatable bonds is 7. The van der Waals surface area contributed by atoms with E-state index in [-0.39, 0.29) is 23.2 Å². The highest BCUT2D eigenvalue weighted by Gasteiger charge is 2.31. The molecule has 2 aromatic heterocycles. The van der Waals surface area contributed by atoms with Gasteiger partial charge in [0.15, 0.2) is 17.3 Å². The van der Waals surface area contributed by atoms with Crippen molar-refractivity contribution >= 4 is 34.6 Å².